The molecule has 4 heteroatoms. The monoisotopic (exact) mass is 357 g/mol. The molecule has 0 unspecified atom stereocenters. The van der Waals surface area contributed by atoms with Crippen LogP contribution in [0.5, 0.6) is 0 Å². The van der Waals surface area contributed by atoms with E-state index in [1.807, 2.05) is 36.4 Å². The molecule has 0 saturated carbocycles. The van der Waals surface area contributed by atoms with Crippen molar-refractivity contribution in [2.24, 2.45) is 0 Å². The topological polar surface area (TPSA) is 12.0 Å². The molecule has 2 aromatic rings. The van der Waals surface area contributed by atoms with Crippen LogP contribution in [0.15, 0.2) is 46.9 Å². The van der Waals surface area contributed by atoms with Crippen molar-refractivity contribution in [2.45, 2.75) is 19.5 Å². The molecule has 0 heterocycles. The molecule has 0 aliphatic heterocycles. The fourth-order valence-electron chi connectivity index (χ4n) is 1.89. The van der Waals surface area contributed by atoms with Crippen LogP contribution in [0.3, 0.4) is 0 Å². The van der Waals surface area contributed by atoms with Crippen molar-refractivity contribution < 1.29 is 0 Å². The minimum Gasteiger partial charge on any atom is -0.306 e. The van der Waals surface area contributed by atoms with Crippen molar-refractivity contribution in [1.29, 1.82) is 0 Å². The first-order valence-electron chi connectivity index (χ1n) is 6.00. The summed E-state index contributed by atoms with van der Waals surface area (Å²) in [5.41, 5.74) is 2.15. The molecular weight excluding hydrogens is 345 g/mol. The van der Waals surface area contributed by atoms with Gasteiger partial charge in [0.1, 0.15) is 0 Å². The van der Waals surface area contributed by atoms with E-state index in [1.165, 1.54) is 5.56 Å². The van der Waals surface area contributed by atoms with Gasteiger partial charge in [-0.05, 0) is 30.7 Å². The summed E-state index contributed by atoms with van der Waals surface area (Å²) in [6.07, 6.45) is 0. The minimum absolute atomic E-state index is 0.211. The molecule has 0 spiro atoms. The van der Waals surface area contributed by atoms with E-state index in [9.17, 15) is 0 Å². The Hall–Kier alpha value is -0.540. The van der Waals surface area contributed by atoms with Crippen LogP contribution in [0.2, 0.25) is 10.0 Å². The lowest BCUT2D eigenvalue weighted by Crippen LogP contribution is -2.18. The summed E-state index contributed by atoms with van der Waals surface area (Å²) in [6.45, 7) is 2.76. The average Bonchev–Trinajstić information content (AvgIpc) is 2.38. The van der Waals surface area contributed by atoms with Crippen molar-refractivity contribution in [2.75, 3.05) is 0 Å². The van der Waals surface area contributed by atoms with E-state index in [0.717, 1.165) is 10.0 Å². The SMILES string of the molecule is C[C@H](NCc1c(Cl)cccc1Cl)c1ccccc1Br. The third-order valence-corrected chi connectivity index (χ3v) is 4.45. The normalized spacial score (nSPS) is 12.4. The molecule has 1 N–H and O–H groups in total. The second-order valence-electron chi connectivity index (χ2n) is 4.32. The summed E-state index contributed by atoms with van der Waals surface area (Å²) in [7, 11) is 0. The van der Waals surface area contributed by atoms with E-state index in [-0.39, 0.29) is 6.04 Å². The highest BCUT2D eigenvalue weighted by Gasteiger charge is 2.10. The Labute approximate surface area is 132 Å². The largest absolute Gasteiger partial charge is 0.306 e. The summed E-state index contributed by atoms with van der Waals surface area (Å²) in [6, 6.07) is 13.9. The van der Waals surface area contributed by atoms with Crippen LogP contribution >= 0.6 is 39.1 Å². The number of rotatable bonds is 4. The van der Waals surface area contributed by atoms with Gasteiger partial charge in [0, 0.05) is 32.7 Å². The molecule has 0 aliphatic carbocycles. The van der Waals surface area contributed by atoms with Crippen LogP contribution in [-0.2, 0) is 6.54 Å². The Bertz CT molecular complexity index is 552. The molecule has 1 nitrogen and oxygen atoms in total. The highest BCUT2D eigenvalue weighted by atomic mass is 79.9. The van der Waals surface area contributed by atoms with Crippen LogP contribution in [0.4, 0.5) is 0 Å². The lowest BCUT2D eigenvalue weighted by molar-refractivity contribution is 0.573. The van der Waals surface area contributed by atoms with E-state index >= 15 is 0 Å². The molecule has 0 amide bonds. The van der Waals surface area contributed by atoms with E-state index in [0.29, 0.717) is 16.6 Å². The van der Waals surface area contributed by atoms with E-state index in [2.05, 4.69) is 34.2 Å². The van der Waals surface area contributed by atoms with E-state index < -0.39 is 0 Å². The first kappa shape index (κ1) is 14.9. The number of hydrogen-bond acceptors (Lipinski definition) is 1. The molecule has 0 saturated heterocycles. The van der Waals surface area contributed by atoms with Gasteiger partial charge in [0.05, 0.1) is 0 Å². The molecule has 1 atom stereocenters. The van der Waals surface area contributed by atoms with Gasteiger partial charge in [0.25, 0.3) is 0 Å². The van der Waals surface area contributed by atoms with Gasteiger partial charge < -0.3 is 5.32 Å². The second kappa shape index (κ2) is 6.76. The first-order valence-corrected chi connectivity index (χ1v) is 7.55. The third-order valence-electron chi connectivity index (χ3n) is 3.02. The smallest absolute Gasteiger partial charge is 0.0465 e. The Balaban J connectivity index is 2.09. The molecule has 0 bridgehead atoms. The molecule has 100 valence electrons. The fraction of sp³-hybridized carbons (Fsp3) is 0.200. The molecular formula is C15H14BrCl2N. The van der Waals surface area contributed by atoms with Gasteiger partial charge in [-0.3, -0.25) is 0 Å². The minimum atomic E-state index is 0.211. The van der Waals surface area contributed by atoms with Crippen molar-refractivity contribution in [3.05, 3.63) is 68.1 Å². The Kier molecular flexibility index (Phi) is 5.28. The maximum absolute atomic E-state index is 6.16. The van der Waals surface area contributed by atoms with Crippen molar-refractivity contribution in [3.63, 3.8) is 0 Å². The maximum Gasteiger partial charge on any atom is 0.0465 e. The molecule has 0 radical (unpaired) electrons. The first-order chi connectivity index (χ1) is 9.09. The summed E-state index contributed by atoms with van der Waals surface area (Å²) in [4.78, 5) is 0. The summed E-state index contributed by atoms with van der Waals surface area (Å²) in [5.74, 6) is 0. The summed E-state index contributed by atoms with van der Waals surface area (Å²) < 4.78 is 1.10. The van der Waals surface area contributed by atoms with Crippen molar-refractivity contribution in [3.8, 4) is 0 Å². The molecule has 2 rings (SSSR count). The van der Waals surface area contributed by atoms with Crippen LogP contribution in [-0.4, -0.2) is 0 Å². The number of nitrogens with one attached hydrogen (secondary N) is 1. The van der Waals surface area contributed by atoms with Crippen molar-refractivity contribution >= 4 is 39.1 Å². The Morgan fingerprint density at radius 3 is 2.32 bits per heavy atom. The zero-order valence-electron chi connectivity index (χ0n) is 10.5. The Morgan fingerprint density at radius 2 is 1.68 bits per heavy atom. The highest BCUT2D eigenvalue weighted by molar-refractivity contribution is 9.10. The van der Waals surface area contributed by atoms with Gasteiger partial charge in [-0.2, -0.15) is 0 Å². The molecule has 0 aliphatic rings. The standard InChI is InChI=1S/C15H14BrCl2N/c1-10(11-5-2-3-6-13(11)16)19-9-12-14(17)7-4-8-15(12)18/h2-8,10,19H,9H2,1H3/t10-/m0/s1. The lowest BCUT2D eigenvalue weighted by Gasteiger charge is -2.17. The number of halogens is 3. The molecule has 0 fully saturated rings. The van der Waals surface area contributed by atoms with Gasteiger partial charge in [-0.15, -0.1) is 0 Å². The van der Waals surface area contributed by atoms with Gasteiger partial charge in [0.2, 0.25) is 0 Å². The van der Waals surface area contributed by atoms with Gasteiger partial charge in [0.15, 0.2) is 0 Å². The van der Waals surface area contributed by atoms with Gasteiger partial charge in [-0.1, -0.05) is 63.4 Å². The van der Waals surface area contributed by atoms with Crippen LogP contribution < -0.4 is 5.32 Å². The molecule has 19 heavy (non-hydrogen) atoms. The van der Waals surface area contributed by atoms with Crippen molar-refractivity contribution in [1.82, 2.24) is 5.32 Å². The zero-order chi connectivity index (χ0) is 13.8. The predicted molar refractivity (Wildman–Crippen MR) is 85.9 cm³/mol. The summed E-state index contributed by atoms with van der Waals surface area (Å²) in [5, 5.41) is 4.83. The maximum atomic E-state index is 6.16. The van der Waals surface area contributed by atoms with E-state index in [1.54, 1.807) is 0 Å². The molecule has 2 aromatic carbocycles. The number of hydrogen-bond donors (Lipinski definition) is 1. The lowest BCUT2D eigenvalue weighted by atomic mass is 10.1. The van der Waals surface area contributed by atoms with Gasteiger partial charge >= 0.3 is 0 Å². The fourth-order valence-corrected chi connectivity index (χ4v) is 3.05. The second-order valence-corrected chi connectivity index (χ2v) is 5.99. The van der Waals surface area contributed by atoms with Crippen LogP contribution in [0.1, 0.15) is 24.1 Å². The average molecular weight is 359 g/mol. The Morgan fingerprint density at radius 1 is 1.05 bits per heavy atom. The van der Waals surface area contributed by atoms with Crippen LogP contribution in [0, 0.1) is 0 Å². The van der Waals surface area contributed by atoms with Gasteiger partial charge in [-0.25, -0.2) is 0 Å². The van der Waals surface area contributed by atoms with E-state index in [4.69, 9.17) is 23.2 Å². The highest BCUT2D eigenvalue weighted by Crippen LogP contribution is 2.26. The summed E-state index contributed by atoms with van der Waals surface area (Å²) >= 11 is 15.9. The zero-order valence-corrected chi connectivity index (χ0v) is 13.6. The third kappa shape index (κ3) is 3.73. The van der Waals surface area contributed by atoms with Crippen LogP contribution in [0.25, 0.3) is 0 Å². The quantitative estimate of drug-likeness (QED) is 0.749. The number of benzene rings is 2. The molecule has 0 aromatic heterocycles. The predicted octanol–water partition coefficient (Wildman–Crippen LogP) is 5.61.